The van der Waals surface area contributed by atoms with Crippen LogP contribution in [-0.4, -0.2) is 9.97 Å². The van der Waals surface area contributed by atoms with Gasteiger partial charge in [-0.1, -0.05) is 145 Å². The van der Waals surface area contributed by atoms with E-state index in [4.69, 9.17) is 9.97 Å². The molecule has 0 radical (unpaired) electrons. The molecule has 0 bridgehead atoms. The third-order valence-electron chi connectivity index (χ3n) is 11.4. The monoisotopic (exact) mass is 767 g/mol. The Kier molecular flexibility index (Phi) is 8.63. The number of benzene rings is 8. The number of nitrogens with zero attached hydrogens (tertiary/aromatic N) is 3. The van der Waals surface area contributed by atoms with E-state index in [0.717, 1.165) is 63.9 Å². The van der Waals surface area contributed by atoms with Gasteiger partial charge in [0.25, 0.3) is 0 Å². The second-order valence-electron chi connectivity index (χ2n) is 14.9. The summed E-state index contributed by atoms with van der Waals surface area (Å²) in [4.78, 5) is 18.4. The fourth-order valence-corrected chi connectivity index (χ4v) is 10.8. The van der Waals surface area contributed by atoms with Crippen molar-refractivity contribution in [2.45, 2.75) is 44.8 Å². The molecule has 11 rings (SSSR count). The van der Waals surface area contributed by atoms with E-state index in [1.54, 1.807) is 0 Å². The molecule has 9 aromatic rings. The van der Waals surface area contributed by atoms with Crippen molar-refractivity contribution in [3.63, 3.8) is 0 Å². The molecule has 5 heteroatoms. The topological polar surface area (TPSA) is 29.0 Å². The molecule has 8 aromatic carbocycles. The van der Waals surface area contributed by atoms with Gasteiger partial charge in [-0.05, 0) is 113 Å². The molecule has 0 fully saturated rings. The van der Waals surface area contributed by atoms with E-state index in [2.05, 4.69) is 187 Å². The number of fused-ring (bicyclic) bond motifs is 6. The summed E-state index contributed by atoms with van der Waals surface area (Å²) >= 11 is 3.74. The number of para-hydroxylation sites is 2. The normalized spacial score (nSPS) is 14.6. The number of hydrogen-bond acceptors (Lipinski definition) is 5. The van der Waals surface area contributed by atoms with E-state index in [0.29, 0.717) is 5.92 Å². The predicted octanol–water partition coefficient (Wildman–Crippen LogP) is 14.5. The number of aryl methyl sites for hydroxylation is 1. The van der Waals surface area contributed by atoms with Crippen molar-refractivity contribution in [2.24, 2.45) is 0 Å². The van der Waals surface area contributed by atoms with E-state index in [1.165, 1.54) is 53.0 Å². The Bertz CT molecular complexity index is 2910. The largest absolute Gasteiger partial charge is 0.308 e. The molecule has 1 aromatic heterocycles. The third-order valence-corrected chi connectivity index (χ3v) is 13.7. The second kappa shape index (κ2) is 14.4. The molecule has 3 nitrogen and oxygen atoms in total. The van der Waals surface area contributed by atoms with Gasteiger partial charge in [0, 0.05) is 36.4 Å². The molecule has 0 N–H and O–H groups in total. The first-order valence-corrected chi connectivity index (χ1v) is 21.3. The van der Waals surface area contributed by atoms with Crippen LogP contribution in [0, 0.1) is 0 Å². The van der Waals surface area contributed by atoms with Crippen molar-refractivity contribution in [3.8, 4) is 22.5 Å². The minimum atomic E-state index is 0.438. The van der Waals surface area contributed by atoms with Crippen LogP contribution in [0.25, 0.3) is 44.3 Å². The Labute approximate surface area is 341 Å². The standard InChI is InChI=1S/C52H37N3S2/c1-2-13-39-33-44-43(32-38(39)12-1)53-51(36-23-21-34(22-24-36)31-40-26-25-35-11-3-7-17-47(35)56-48-18-8-4-14-42(40)48)52(54-44)37-27-29-41(30-28-37)55-45-15-5-9-19-49(45)57-50-20-10-6-16-46(50)55/h1-24,27-30,32-33,40H,25-26,31H2. The maximum absolute atomic E-state index is 5.38. The summed E-state index contributed by atoms with van der Waals surface area (Å²) in [5, 5.41) is 2.33. The quantitative estimate of drug-likeness (QED) is 0.163. The van der Waals surface area contributed by atoms with Crippen LogP contribution >= 0.6 is 23.5 Å². The molecule has 272 valence electrons. The number of anilines is 3. The molecule has 2 aliphatic heterocycles. The van der Waals surface area contributed by atoms with Crippen LogP contribution in [0.4, 0.5) is 17.1 Å². The maximum Gasteiger partial charge on any atom is 0.0973 e. The average molecular weight is 768 g/mol. The molecular weight excluding hydrogens is 731 g/mol. The van der Waals surface area contributed by atoms with Gasteiger partial charge in [0.15, 0.2) is 0 Å². The van der Waals surface area contributed by atoms with E-state index < -0.39 is 0 Å². The van der Waals surface area contributed by atoms with Crippen LogP contribution in [0.3, 0.4) is 0 Å². The fraction of sp³-hybridized carbons (Fsp3) is 0.0769. The summed E-state index contributed by atoms with van der Waals surface area (Å²) in [6.07, 6.45) is 3.19. The second-order valence-corrected chi connectivity index (χ2v) is 17.1. The summed E-state index contributed by atoms with van der Waals surface area (Å²) in [6, 6.07) is 66.0. The van der Waals surface area contributed by atoms with Gasteiger partial charge in [-0.15, -0.1) is 0 Å². The Balaban J connectivity index is 0.968. The molecule has 0 amide bonds. The Morgan fingerprint density at radius 2 is 1.00 bits per heavy atom. The van der Waals surface area contributed by atoms with Crippen LogP contribution in [-0.2, 0) is 12.8 Å². The summed E-state index contributed by atoms with van der Waals surface area (Å²) in [6.45, 7) is 0. The highest BCUT2D eigenvalue weighted by Crippen LogP contribution is 2.51. The van der Waals surface area contributed by atoms with Crippen molar-refractivity contribution in [2.75, 3.05) is 4.90 Å². The number of hydrogen-bond donors (Lipinski definition) is 0. The van der Waals surface area contributed by atoms with Crippen molar-refractivity contribution < 1.29 is 0 Å². The zero-order valence-corrected chi connectivity index (χ0v) is 32.8. The predicted molar refractivity (Wildman–Crippen MR) is 238 cm³/mol. The molecule has 1 atom stereocenters. The first kappa shape index (κ1) is 34.1. The van der Waals surface area contributed by atoms with E-state index >= 15 is 0 Å². The van der Waals surface area contributed by atoms with Gasteiger partial charge in [0.2, 0.25) is 0 Å². The molecule has 1 unspecified atom stereocenters. The first-order valence-electron chi connectivity index (χ1n) is 19.6. The van der Waals surface area contributed by atoms with Gasteiger partial charge >= 0.3 is 0 Å². The molecule has 57 heavy (non-hydrogen) atoms. The molecule has 2 aliphatic rings. The van der Waals surface area contributed by atoms with Gasteiger partial charge in [-0.25, -0.2) is 9.97 Å². The van der Waals surface area contributed by atoms with E-state index in [1.807, 2.05) is 23.5 Å². The first-order chi connectivity index (χ1) is 28.2. The lowest BCUT2D eigenvalue weighted by Gasteiger charge is -2.32. The zero-order valence-electron chi connectivity index (χ0n) is 31.2. The fourth-order valence-electron chi connectivity index (χ4n) is 8.52. The van der Waals surface area contributed by atoms with Crippen molar-refractivity contribution in [1.82, 2.24) is 9.97 Å². The minimum Gasteiger partial charge on any atom is -0.308 e. The molecule has 0 spiro atoms. The molecule has 0 saturated heterocycles. The number of aromatic nitrogens is 2. The third kappa shape index (κ3) is 6.37. The lowest BCUT2D eigenvalue weighted by Crippen LogP contribution is -2.14. The van der Waals surface area contributed by atoms with Crippen LogP contribution in [0.5, 0.6) is 0 Å². The number of rotatable bonds is 5. The Morgan fingerprint density at radius 1 is 0.491 bits per heavy atom. The molecule has 3 heterocycles. The zero-order chi connectivity index (χ0) is 37.7. The van der Waals surface area contributed by atoms with Crippen LogP contribution < -0.4 is 4.90 Å². The van der Waals surface area contributed by atoms with Gasteiger partial charge < -0.3 is 4.90 Å². The Hall–Kier alpha value is -6.14. The van der Waals surface area contributed by atoms with Crippen molar-refractivity contribution >= 4 is 62.4 Å². The van der Waals surface area contributed by atoms with Crippen LogP contribution in [0.2, 0.25) is 0 Å². The molecular formula is C52H37N3S2. The SMILES string of the molecule is c1ccc2c(c1)CCC(Cc1ccc(-c3nc4cc5ccccc5cc4nc3-c3ccc(N4c5ccccc5Sc5ccccc54)cc3)cc1)c1ccccc1S2. The summed E-state index contributed by atoms with van der Waals surface area (Å²) in [5.74, 6) is 0.438. The highest BCUT2D eigenvalue weighted by Gasteiger charge is 2.25. The van der Waals surface area contributed by atoms with E-state index in [-0.39, 0.29) is 0 Å². The Morgan fingerprint density at radius 3 is 1.65 bits per heavy atom. The van der Waals surface area contributed by atoms with Crippen LogP contribution in [0.1, 0.15) is 29.0 Å². The van der Waals surface area contributed by atoms with Crippen molar-refractivity contribution in [3.05, 3.63) is 199 Å². The lowest BCUT2D eigenvalue weighted by molar-refractivity contribution is 0.606. The highest BCUT2D eigenvalue weighted by atomic mass is 32.2. The molecule has 0 saturated carbocycles. The van der Waals surface area contributed by atoms with Gasteiger partial charge in [0.1, 0.15) is 0 Å². The highest BCUT2D eigenvalue weighted by molar-refractivity contribution is 8.00. The van der Waals surface area contributed by atoms with Crippen molar-refractivity contribution in [1.29, 1.82) is 0 Å². The smallest absolute Gasteiger partial charge is 0.0973 e. The lowest BCUT2D eigenvalue weighted by atomic mass is 9.86. The minimum absolute atomic E-state index is 0.438. The summed E-state index contributed by atoms with van der Waals surface area (Å²) in [5.41, 5.74) is 13.4. The average Bonchev–Trinajstić information content (AvgIpc) is 3.26. The maximum atomic E-state index is 5.38. The summed E-state index contributed by atoms with van der Waals surface area (Å²) < 4.78 is 0. The van der Waals surface area contributed by atoms with Gasteiger partial charge in [0.05, 0.1) is 33.8 Å². The molecule has 0 aliphatic carbocycles. The van der Waals surface area contributed by atoms with E-state index in [9.17, 15) is 0 Å². The van der Waals surface area contributed by atoms with Gasteiger partial charge in [-0.3, -0.25) is 0 Å². The van der Waals surface area contributed by atoms with Gasteiger partial charge in [-0.2, -0.15) is 0 Å². The van der Waals surface area contributed by atoms with Crippen LogP contribution in [0.15, 0.2) is 202 Å². The summed E-state index contributed by atoms with van der Waals surface area (Å²) in [7, 11) is 0.